The van der Waals surface area contributed by atoms with Gasteiger partial charge in [-0.15, -0.1) is 0 Å². The molecule has 2 rings (SSSR count). The van der Waals surface area contributed by atoms with Gasteiger partial charge in [0.2, 0.25) is 0 Å². The molecule has 0 amide bonds. The smallest absolute Gasteiger partial charge is 0.0595 e. The molecule has 1 fully saturated rings. The minimum atomic E-state index is 0.361. The Balaban J connectivity index is 2.35. The van der Waals surface area contributed by atoms with Crippen molar-refractivity contribution in [1.29, 1.82) is 0 Å². The van der Waals surface area contributed by atoms with Gasteiger partial charge in [0.25, 0.3) is 0 Å². The standard InChI is InChI=1S/C17H25Cl2N/c1-12(2)11-17(8-4-5-9-17)16(20-3)13-6-7-14(18)15(19)10-13/h6-7,10,12,16,20H,4-5,8-9,11H2,1-3H3. The maximum absolute atomic E-state index is 6.21. The van der Waals surface area contributed by atoms with Gasteiger partial charge in [-0.3, -0.25) is 0 Å². The highest BCUT2D eigenvalue weighted by Gasteiger charge is 2.41. The molecule has 1 aromatic rings. The molecule has 0 bridgehead atoms. The van der Waals surface area contributed by atoms with Gasteiger partial charge in [-0.25, -0.2) is 0 Å². The molecular formula is C17H25Cl2N. The third-order valence-electron chi connectivity index (χ3n) is 4.59. The number of benzene rings is 1. The maximum Gasteiger partial charge on any atom is 0.0595 e. The van der Waals surface area contributed by atoms with Gasteiger partial charge < -0.3 is 5.32 Å². The molecule has 1 atom stereocenters. The lowest BCUT2D eigenvalue weighted by Gasteiger charge is -2.39. The van der Waals surface area contributed by atoms with Gasteiger partial charge in [-0.2, -0.15) is 0 Å². The molecule has 0 radical (unpaired) electrons. The van der Waals surface area contributed by atoms with E-state index < -0.39 is 0 Å². The molecule has 0 heterocycles. The zero-order valence-electron chi connectivity index (χ0n) is 12.7. The Bertz CT molecular complexity index is 450. The van der Waals surface area contributed by atoms with Gasteiger partial charge in [0, 0.05) is 6.04 Å². The van der Waals surface area contributed by atoms with Gasteiger partial charge in [0.05, 0.1) is 10.0 Å². The molecular weight excluding hydrogens is 289 g/mol. The normalized spacial score (nSPS) is 19.5. The molecule has 20 heavy (non-hydrogen) atoms. The third kappa shape index (κ3) is 3.32. The van der Waals surface area contributed by atoms with E-state index in [0.29, 0.717) is 27.4 Å². The van der Waals surface area contributed by atoms with Crippen molar-refractivity contribution in [2.75, 3.05) is 7.05 Å². The van der Waals surface area contributed by atoms with Gasteiger partial charge in [-0.05, 0) is 55.3 Å². The Kier molecular flexibility index (Phi) is 5.39. The van der Waals surface area contributed by atoms with Crippen molar-refractivity contribution in [3.8, 4) is 0 Å². The van der Waals surface area contributed by atoms with Gasteiger partial charge >= 0.3 is 0 Å². The van der Waals surface area contributed by atoms with Crippen LogP contribution in [0.1, 0.15) is 57.6 Å². The fraction of sp³-hybridized carbons (Fsp3) is 0.647. The lowest BCUT2D eigenvalue weighted by molar-refractivity contribution is 0.162. The van der Waals surface area contributed by atoms with E-state index in [1.807, 2.05) is 12.1 Å². The molecule has 1 aliphatic carbocycles. The van der Waals surface area contributed by atoms with Crippen LogP contribution in [0.2, 0.25) is 10.0 Å². The first-order valence-corrected chi connectivity index (χ1v) is 8.36. The van der Waals surface area contributed by atoms with Crippen LogP contribution in [-0.2, 0) is 0 Å². The minimum Gasteiger partial charge on any atom is -0.313 e. The predicted octanol–water partition coefficient (Wildman–Crippen LogP) is 5.86. The summed E-state index contributed by atoms with van der Waals surface area (Å²) >= 11 is 12.3. The van der Waals surface area contributed by atoms with E-state index in [9.17, 15) is 0 Å². The molecule has 0 spiro atoms. The molecule has 1 unspecified atom stereocenters. The number of hydrogen-bond donors (Lipinski definition) is 1. The zero-order valence-corrected chi connectivity index (χ0v) is 14.2. The average Bonchev–Trinajstić information content (AvgIpc) is 2.83. The fourth-order valence-corrected chi connectivity index (χ4v) is 4.33. The molecule has 1 aromatic carbocycles. The highest BCUT2D eigenvalue weighted by atomic mass is 35.5. The van der Waals surface area contributed by atoms with E-state index in [4.69, 9.17) is 23.2 Å². The number of halogens is 2. The van der Waals surface area contributed by atoms with Crippen molar-refractivity contribution in [2.45, 2.75) is 52.0 Å². The minimum absolute atomic E-state index is 0.361. The Morgan fingerprint density at radius 1 is 1.15 bits per heavy atom. The van der Waals surface area contributed by atoms with E-state index in [1.165, 1.54) is 37.7 Å². The van der Waals surface area contributed by atoms with Gasteiger partial charge in [-0.1, -0.05) is 56.0 Å². The summed E-state index contributed by atoms with van der Waals surface area (Å²) in [7, 11) is 2.06. The summed E-state index contributed by atoms with van der Waals surface area (Å²) in [6, 6.07) is 6.44. The van der Waals surface area contributed by atoms with E-state index in [2.05, 4.69) is 32.3 Å². The van der Waals surface area contributed by atoms with Crippen LogP contribution in [0.5, 0.6) is 0 Å². The van der Waals surface area contributed by atoms with Crippen LogP contribution in [0, 0.1) is 11.3 Å². The largest absolute Gasteiger partial charge is 0.313 e. The molecule has 0 saturated heterocycles. The van der Waals surface area contributed by atoms with Crippen LogP contribution in [0.15, 0.2) is 18.2 Å². The average molecular weight is 314 g/mol. The topological polar surface area (TPSA) is 12.0 Å². The Morgan fingerprint density at radius 2 is 1.80 bits per heavy atom. The Hall–Kier alpha value is -0.240. The van der Waals surface area contributed by atoms with Crippen molar-refractivity contribution in [2.24, 2.45) is 11.3 Å². The molecule has 0 aromatic heterocycles. The first kappa shape index (κ1) is 16.1. The second kappa shape index (κ2) is 6.68. The van der Waals surface area contributed by atoms with Gasteiger partial charge in [0.15, 0.2) is 0 Å². The summed E-state index contributed by atoms with van der Waals surface area (Å²) in [6.45, 7) is 4.64. The van der Waals surface area contributed by atoms with Crippen LogP contribution >= 0.6 is 23.2 Å². The summed E-state index contributed by atoms with van der Waals surface area (Å²) in [5.74, 6) is 0.715. The summed E-state index contributed by atoms with van der Waals surface area (Å²) in [5.41, 5.74) is 1.63. The van der Waals surface area contributed by atoms with Crippen molar-refractivity contribution < 1.29 is 0 Å². The SMILES string of the molecule is CNC(c1ccc(Cl)c(Cl)c1)C1(CC(C)C)CCCC1. The van der Waals surface area contributed by atoms with Crippen LogP contribution in [-0.4, -0.2) is 7.05 Å². The molecule has 3 heteroatoms. The summed E-state index contributed by atoms with van der Waals surface area (Å²) in [6.07, 6.45) is 6.55. The van der Waals surface area contributed by atoms with Crippen LogP contribution < -0.4 is 5.32 Å². The van der Waals surface area contributed by atoms with E-state index in [-0.39, 0.29) is 0 Å². The summed E-state index contributed by atoms with van der Waals surface area (Å²) < 4.78 is 0. The molecule has 112 valence electrons. The summed E-state index contributed by atoms with van der Waals surface area (Å²) in [4.78, 5) is 0. The lowest BCUT2D eigenvalue weighted by atomic mass is 9.70. The quantitative estimate of drug-likeness (QED) is 0.717. The number of rotatable bonds is 5. The lowest BCUT2D eigenvalue weighted by Crippen LogP contribution is -2.35. The van der Waals surface area contributed by atoms with Crippen molar-refractivity contribution in [3.63, 3.8) is 0 Å². The van der Waals surface area contributed by atoms with Crippen LogP contribution in [0.3, 0.4) is 0 Å². The highest BCUT2D eigenvalue weighted by Crippen LogP contribution is 2.51. The van der Waals surface area contributed by atoms with Crippen molar-refractivity contribution in [1.82, 2.24) is 5.32 Å². The first-order valence-electron chi connectivity index (χ1n) is 7.61. The fourth-order valence-electron chi connectivity index (χ4n) is 4.02. The molecule has 1 nitrogen and oxygen atoms in total. The van der Waals surface area contributed by atoms with E-state index >= 15 is 0 Å². The van der Waals surface area contributed by atoms with E-state index in [1.54, 1.807) is 0 Å². The molecule has 1 N–H and O–H groups in total. The van der Waals surface area contributed by atoms with Crippen molar-refractivity contribution in [3.05, 3.63) is 33.8 Å². The molecule has 1 aliphatic rings. The summed E-state index contributed by atoms with van der Waals surface area (Å²) in [5, 5.41) is 4.84. The van der Waals surface area contributed by atoms with Crippen LogP contribution in [0.4, 0.5) is 0 Å². The van der Waals surface area contributed by atoms with E-state index in [0.717, 1.165) is 0 Å². The number of nitrogens with one attached hydrogen (secondary N) is 1. The number of hydrogen-bond acceptors (Lipinski definition) is 1. The third-order valence-corrected chi connectivity index (χ3v) is 5.33. The molecule has 0 aliphatic heterocycles. The Labute approximate surface area is 133 Å². The van der Waals surface area contributed by atoms with Gasteiger partial charge in [0.1, 0.15) is 0 Å². The van der Waals surface area contributed by atoms with Crippen LogP contribution in [0.25, 0.3) is 0 Å². The zero-order chi connectivity index (χ0) is 14.8. The second-order valence-corrected chi connectivity index (χ2v) is 7.38. The Morgan fingerprint density at radius 3 is 2.30 bits per heavy atom. The monoisotopic (exact) mass is 313 g/mol. The predicted molar refractivity (Wildman–Crippen MR) is 88.6 cm³/mol. The first-order chi connectivity index (χ1) is 9.48. The maximum atomic E-state index is 6.21. The second-order valence-electron chi connectivity index (χ2n) is 6.56. The highest BCUT2D eigenvalue weighted by molar-refractivity contribution is 6.42. The molecule has 1 saturated carbocycles. The van der Waals surface area contributed by atoms with Crippen molar-refractivity contribution >= 4 is 23.2 Å².